The molecule has 2 aromatic rings. The molecule has 1 N–H and O–H groups in total. The van der Waals surface area contributed by atoms with Gasteiger partial charge in [0.05, 0.1) is 22.7 Å². The maximum atomic E-state index is 12.4. The van der Waals surface area contributed by atoms with Gasteiger partial charge in [0.1, 0.15) is 6.54 Å². The molecule has 0 atom stereocenters. The van der Waals surface area contributed by atoms with Crippen LogP contribution in [0.15, 0.2) is 36.4 Å². The number of rotatable bonds is 5. The van der Waals surface area contributed by atoms with Crippen LogP contribution in [0.3, 0.4) is 0 Å². The summed E-state index contributed by atoms with van der Waals surface area (Å²) in [5.74, 6) is -0.518. The number of halogens is 2. The topological polar surface area (TPSA) is 66.5 Å². The van der Waals surface area contributed by atoms with Crippen molar-refractivity contribution in [3.05, 3.63) is 57.6 Å². The molecular weight excluding hydrogens is 383 g/mol. The van der Waals surface area contributed by atoms with E-state index in [0.717, 1.165) is 21.7 Å². The summed E-state index contributed by atoms with van der Waals surface area (Å²) in [6.45, 7) is 3.33. The zero-order valence-corrected chi connectivity index (χ0v) is 16.3. The quantitative estimate of drug-likeness (QED) is 0.823. The van der Waals surface area contributed by atoms with Gasteiger partial charge in [-0.1, -0.05) is 35.3 Å². The van der Waals surface area contributed by atoms with E-state index in [4.69, 9.17) is 23.2 Å². The summed E-state index contributed by atoms with van der Waals surface area (Å²) >= 11 is 11.9. The molecule has 0 fully saturated rings. The van der Waals surface area contributed by atoms with Crippen LogP contribution in [0.25, 0.3) is 0 Å². The van der Waals surface area contributed by atoms with Gasteiger partial charge in [-0.15, -0.1) is 0 Å². The number of benzene rings is 2. The van der Waals surface area contributed by atoms with Crippen molar-refractivity contribution in [2.45, 2.75) is 13.8 Å². The van der Waals surface area contributed by atoms with Gasteiger partial charge in [-0.05, 0) is 49.2 Å². The van der Waals surface area contributed by atoms with Crippen LogP contribution >= 0.6 is 23.2 Å². The predicted octanol–water partition coefficient (Wildman–Crippen LogP) is 4.01. The van der Waals surface area contributed by atoms with Crippen molar-refractivity contribution < 1.29 is 13.2 Å². The highest BCUT2D eigenvalue weighted by molar-refractivity contribution is 7.92. The molecule has 0 bridgehead atoms. The van der Waals surface area contributed by atoms with Gasteiger partial charge in [-0.3, -0.25) is 9.10 Å². The first kappa shape index (κ1) is 19.6. The van der Waals surface area contributed by atoms with Gasteiger partial charge in [0, 0.05) is 5.02 Å². The summed E-state index contributed by atoms with van der Waals surface area (Å²) in [4.78, 5) is 12.4. The largest absolute Gasteiger partial charge is 0.323 e. The molecule has 0 aliphatic rings. The molecular formula is C17H18Cl2N2O3S. The minimum Gasteiger partial charge on any atom is -0.323 e. The average molecular weight is 401 g/mol. The van der Waals surface area contributed by atoms with Crippen LogP contribution in [0.5, 0.6) is 0 Å². The van der Waals surface area contributed by atoms with E-state index in [1.807, 2.05) is 19.9 Å². The molecule has 25 heavy (non-hydrogen) atoms. The predicted molar refractivity (Wildman–Crippen MR) is 103 cm³/mol. The fraction of sp³-hybridized carbons (Fsp3) is 0.235. The zero-order valence-electron chi connectivity index (χ0n) is 14.0. The van der Waals surface area contributed by atoms with E-state index < -0.39 is 15.9 Å². The minimum atomic E-state index is -3.65. The normalized spacial score (nSPS) is 11.2. The summed E-state index contributed by atoms with van der Waals surface area (Å²) < 4.78 is 25.5. The highest BCUT2D eigenvalue weighted by Gasteiger charge is 2.23. The number of anilines is 2. The summed E-state index contributed by atoms with van der Waals surface area (Å²) in [5, 5.41) is 3.32. The number of aryl methyl sites for hydroxylation is 1. The lowest BCUT2D eigenvalue weighted by atomic mass is 10.1. The molecule has 8 heteroatoms. The van der Waals surface area contributed by atoms with E-state index in [-0.39, 0.29) is 6.54 Å². The number of nitrogens with zero attached hydrogens (tertiary/aromatic N) is 1. The van der Waals surface area contributed by atoms with Crippen LogP contribution in [0, 0.1) is 13.8 Å². The molecule has 1 amide bonds. The Balaban J connectivity index is 2.30. The fourth-order valence-electron chi connectivity index (χ4n) is 2.30. The van der Waals surface area contributed by atoms with Crippen LogP contribution in [0.4, 0.5) is 11.4 Å². The highest BCUT2D eigenvalue weighted by Crippen LogP contribution is 2.27. The van der Waals surface area contributed by atoms with Gasteiger partial charge >= 0.3 is 0 Å². The molecule has 0 unspecified atom stereocenters. The first-order valence-electron chi connectivity index (χ1n) is 7.38. The third-order valence-electron chi connectivity index (χ3n) is 3.73. The monoisotopic (exact) mass is 400 g/mol. The fourth-order valence-corrected chi connectivity index (χ4v) is 3.54. The van der Waals surface area contributed by atoms with Crippen LogP contribution in [0.1, 0.15) is 11.1 Å². The lowest BCUT2D eigenvalue weighted by Crippen LogP contribution is -2.38. The Morgan fingerprint density at radius 1 is 1.16 bits per heavy atom. The number of carbonyl (C=O) groups excluding carboxylic acids is 1. The van der Waals surface area contributed by atoms with Gasteiger partial charge in [-0.2, -0.15) is 0 Å². The Hall–Kier alpha value is -1.76. The van der Waals surface area contributed by atoms with Gasteiger partial charge in [-0.25, -0.2) is 8.42 Å². The number of nitrogens with one attached hydrogen (secondary N) is 1. The summed E-state index contributed by atoms with van der Waals surface area (Å²) in [6, 6.07) is 9.96. The van der Waals surface area contributed by atoms with Crippen molar-refractivity contribution in [3.8, 4) is 0 Å². The molecule has 2 aromatic carbocycles. The smallest absolute Gasteiger partial charge is 0.245 e. The van der Waals surface area contributed by atoms with E-state index in [0.29, 0.717) is 21.4 Å². The number of amides is 1. The maximum absolute atomic E-state index is 12.4. The Labute approximate surface area is 157 Å². The molecule has 0 aliphatic carbocycles. The van der Waals surface area contributed by atoms with Gasteiger partial charge in [0.25, 0.3) is 0 Å². The molecule has 2 rings (SSSR count). The number of hydrogen-bond acceptors (Lipinski definition) is 3. The molecule has 0 heterocycles. The van der Waals surface area contributed by atoms with E-state index >= 15 is 0 Å². The second-order valence-electron chi connectivity index (χ2n) is 5.66. The van der Waals surface area contributed by atoms with Gasteiger partial charge < -0.3 is 5.32 Å². The van der Waals surface area contributed by atoms with Crippen LogP contribution in [-0.2, 0) is 14.8 Å². The van der Waals surface area contributed by atoms with Gasteiger partial charge in [0.15, 0.2) is 0 Å². The first-order valence-corrected chi connectivity index (χ1v) is 9.99. The van der Waals surface area contributed by atoms with Crippen molar-refractivity contribution in [3.63, 3.8) is 0 Å². The minimum absolute atomic E-state index is 0.315. The first-order chi connectivity index (χ1) is 11.6. The SMILES string of the molecule is Cc1cccc(N(CC(=O)Nc2cc(Cl)ccc2Cl)S(C)(=O)=O)c1C. The molecule has 0 saturated heterocycles. The van der Waals surface area contributed by atoms with Crippen molar-refractivity contribution in [2.24, 2.45) is 0 Å². The molecule has 0 saturated carbocycles. The van der Waals surface area contributed by atoms with E-state index in [9.17, 15) is 13.2 Å². The lowest BCUT2D eigenvalue weighted by molar-refractivity contribution is -0.114. The van der Waals surface area contributed by atoms with E-state index in [1.54, 1.807) is 24.3 Å². The average Bonchev–Trinajstić information content (AvgIpc) is 2.51. The van der Waals surface area contributed by atoms with Crippen molar-refractivity contribution in [2.75, 3.05) is 22.4 Å². The van der Waals surface area contributed by atoms with Gasteiger partial charge in [0.2, 0.25) is 15.9 Å². The van der Waals surface area contributed by atoms with Crippen LogP contribution in [0.2, 0.25) is 10.0 Å². The van der Waals surface area contributed by atoms with E-state index in [2.05, 4.69) is 5.32 Å². The Bertz CT molecular complexity index is 914. The van der Waals surface area contributed by atoms with E-state index in [1.165, 1.54) is 6.07 Å². The number of hydrogen-bond donors (Lipinski definition) is 1. The maximum Gasteiger partial charge on any atom is 0.245 e. The molecule has 5 nitrogen and oxygen atoms in total. The Morgan fingerprint density at radius 2 is 1.84 bits per heavy atom. The second-order valence-corrected chi connectivity index (χ2v) is 8.41. The second kappa shape index (κ2) is 7.64. The molecule has 0 aromatic heterocycles. The standard InChI is InChI=1S/C17H18Cl2N2O3S/c1-11-5-4-6-16(12(11)2)21(25(3,23)24)10-17(22)20-15-9-13(18)7-8-14(15)19/h4-9H,10H2,1-3H3,(H,20,22). The zero-order chi connectivity index (χ0) is 18.8. The molecule has 0 radical (unpaired) electrons. The Morgan fingerprint density at radius 3 is 2.48 bits per heavy atom. The van der Waals surface area contributed by atoms with Crippen molar-refractivity contribution in [1.29, 1.82) is 0 Å². The molecule has 134 valence electrons. The van der Waals surface area contributed by atoms with Crippen molar-refractivity contribution >= 4 is 50.5 Å². The third-order valence-corrected chi connectivity index (χ3v) is 5.43. The number of carbonyl (C=O) groups is 1. The van der Waals surface area contributed by atoms with Crippen LogP contribution in [-0.4, -0.2) is 27.1 Å². The van der Waals surface area contributed by atoms with Crippen LogP contribution < -0.4 is 9.62 Å². The summed E-state index contributed by atoms with van der Waals surface area (Å²) in [5.41, 5.74) is 2.52. The Kier molecular flexibility index (Phi) is 5.98. The summed E-state index contributed by atoms with van der Waals surface area (Å²) in [7, 11) is -3.65. The lowest BCUT2D eigenvalue weighted by Gasteiger charge is -2.24. The van der Waals surface area contributed by atoms with Crippen molar-refractivity contribution in [1.82, 2.24) is 0 Å². The number of sulfonamides is 1. The molecule has 0 aliphatic heterocycles. The summed E-state index contributed by atoms with van der Waals surface area (Å²) in [6.07, 6.45) is 1.06. The third kappa shape index (κ3) is 4.87. The molecule has 0 spiro atoms. The highest BCUT2D eigenvalue weighted by atomic mass is 35.5.